The normalized spacial score (nSPS) is 11.3. The molecule has 0 fully saturated rings. The molecule has 1 aromatic heterocycles. The number of nitrogen functional groups attached to an aromatic ring is 1. The molecule has 0 atom stereocenters. The number of pyridine rings is 1. The Morgan fingerprint density at radius 3 is 2.32 bits per heavy atom. The predicted molar refractivity (Wildman–Crippen MR) is 68.3 cm³/mol. The Morgan fingerprint density at radius 2 is 1.79 bits per heavy atom. The van der Waals surface area contributed by atoms with Crippen molar-refractivity contribution in [3.8, 4) is 0 Å². The van der Waals surface area contributed by atoms with Gasteiger partial charge in [0.05, 0.1) is 11.9 Å². The first-order chi connectivity index (χ1) is 8.91. The third-order valence-corrected chi connectivity index (χ3v) is 2.76. The Labute approximate surface area is 113 Å². The Balaban J connectivity index is 2.35. The Kier molecular flexibility index (Phi) is 3.48. The fraction of sp³-hybridized carbons (Fsp3) is 0.0769. The van der Waals surface area contributed by atoms with E-state index in [1.54, 1.807) is 0 Å². The van der Waals surface area contributed by atoms with E-state index in [0.29, 0.717) is 10.7 Å². The van der Waals surface area contributed by atoms with Crippen molar-refractivity contribution in [2.24, 2.45) is 0 Å². The molecule has 0 unspecified atom stereocenters. The van der Waals surface area contributed by atoms with Gasteiger partial charge in [0.2, 0.25) is 0 Å². The second-order valence-electron chi connectivity index (χ2n) is 3.89. The molecule has 0 bridgehead atoms. The molecule has 3 nitrogen and oxygen atoms in total. The summed E-state index contributed by atoms with van der Waals surface area (Å²) in [6.07, 6.45) is 1.16. The zero-order chi connectivity index (χ0) is 14.0. The fourth-order valence-corrected chi connectivity index (χ4v) is 1.62. The largest absolute Gasteiger partial charge is 0.397 e. The van der Waals surface area contributed by atoms with Gasteiger partial charge in [0.15, 0.2) is 0 Å². The number of benzene rings is 1. The van der Waals surface area contributed by atoms with E-state index in [4.69, 9.17) is 17.3 Å². The number of Topliss-reactive ketones (excluding diaryl/α,β-unsaturated/α-hetero) is 1. The van der Waals surface area contributed by atoms with Gasteiger partial charge in [0, 0.05) is 10.6 Å². The summed E-state index contributed by atoms with van der Waals surface area (Å²) >= 11 is 5.62. The molecule has 1 heterocycles. The van der Waals surface area contributed by atoms with E-state index in [1.807, 2.05) is 0 Å². The fourth-order valence-electron chi connectivity index (χ4n) is 1.49. The highest BCUT2D eigenvalue weighted by atomic mass is 35.5. The molecule has 2 rings (SSSR count). The lowest BCUT2D eigenvalue weighted by molar-refractivity contribution is 0.00693. The number of rotatable bonds is 3. The minimum Gasteiger partial charge on any atom is -0.397 e. The van der Waals surface area contributed by atoms with Crippen LogP contribution in [0.1, 0.15) is 16.1 Å². The molecule has 1 aromatic carbocycles. The van der Waals surface area contributed by atoms with Crippen LogP contribution in [0.15, 0.2) is 42.6 Å². The maximum atomic E-state index is 14.0. The number of carbonyl (C=O) groups is 1. The molecule has 0 aliphatic rings. The zero-order valence-corrected chi connectivity index (χ0v) is 10.4. The van der Waals surface area contributed by atoms with E-state index in [1.165, 1.54) is 24.3 Å². The molecule has 0 spiro atoms. The lowest BCUT2D eigenvalue weighted by atomic mass is 10.0. The molecule has 19 heavy (non-hydrogen) atoms. The van der Waals surface area contributed by atoms with Crippen LogP contribution >= 0.6 is 11.6 Å². The number of alkyl halides is 2. The van der Waals surface area contributed by atoms with Crippen LogP contribution in [0, 0.1) is 0 Å². The first kappa shape index (κ1) is 13.4. The third kappa shape index (κ3) is 2.71. The summed E-state index contributed by atoms with van der Waals surface area (Å²) in [5.74, 6) is -5.04. The second-order valence-corrected chi connectivity index (χ2v) is 4.32. The van der Waals surface area contributed by atoms with Crippen molar-refractivity contribution in [2.75, 3.05) is 5.73 Å². The summed E-state index contributed by atoms with van der Waals surface area (Å²) in [4.78, 5) is 15.4. The van der Waals surface area contributed by atoms with Crippen LogP contribution in [-0.4, -0.2) is 10.8 Å². The summed E-state index contributed by atoms with van der Waals surface area (Å²) in [6.45, 7) is 0. The Hall–Kier alpha value is -2.01. The van der Waals surface area contributed by atoms with Crippen molar-refractivity contribution < 1.29 is 13.6 Å². The number of nitrogens with zero attached hydrogens (tertiary/aromatic N) is 1. The van der Waals surface area contributed by atoms with Crippen molar-refractivity contribution in [1.29, 1.82) is 0 Å². The van der Waals surface area contributed by atoms with Crippen LogP contribution in [0.4, 0.5) is 14.5 Å². The molecule has 2 N–H and O–H groups in total. The summed E-state index contributed by atoms with van der Waals surface area (Å²) in [6, 6.07) is 7.33. The standard InChI is InChI=1S/C13H9ClF2N2O/c14-9-3-1-8(2-4-9)13(15,16)12(19)11-6-5-10(17)7-18-11/h1-7H,17H2. The molecule has 0 saturated heterocycles. The maximum Gasteiger partial charge on any atom is 0.336 e. The highest BCUT2D eigenvalue weighted by Crippen LogP contribution is 2.32. The predicted octanol–water partition coefficient (Wildman–Crippen LogP) is 3.29. The summed E-state index contributed by atoms with van der Waals surface area (Å²) in [5.41, 5.74) is 4.92. The zero-order valence-electron chi connectivity index (χ0n) is 9.61. The number of hydrogen-bond acceptors (Lipinski definition) is 3. The smallest absolute Gasteiger partial charge is 0.336 e. The second kappa shape index (κ2) is 4.93. The van der Waals surface area contributed by atoms with Gasteiger partial charge in [0.25, 0.3) is 5.78 Å². The van der Waals surface area contributed by atoms with E-state index >= 15 is 0 Å². The minimum atomic E-state index is -3.66. The van der Waals surface area contributed by atoms with Crippen LogP contribution in [-0.2, 0) is 5.92 Å². The van der Waals surface area contributed by atoms with Crippen LogP contribution < -0.4 is 5.73 Å². The molecule has 0 aliphatic heterocycles. The summed E-state index contributed by atoms with van der Waals surface area (Å²) in [5, 5.41) is 0.317. The van der Waals surface area contributed by atoms with Crippen molar-refractivity contribution >= 4 is 23.1 Å². The molecular weight excluding hydrogens is 274 g/mol. The molecule has 98 valence electrons. The number of aromatic nitrogens is 1. The van der Waals surface area contributed by atoms with Crippen LogP contribution in [0.3, 0.4) is 0 Å². The van der Waals surface area contributed by atoms with Gasteiger partial charge in [-0.25, -0.2) is 0 Å². The third-order valence-electron chi connectivity index (χ3n) is 2.51. The molecular formula is C13H9ClF2N2O. The highest BCUT2D eigenvalue weighted by molar-refractivity contribution is 6.30. The van der Waals surface area contributed by atoms with Gasteiger partial charge in [-0.05, 0) is 24.3 Å². The van der Waals surface area contributed by atoms with Gasteiger partial charge in [-0.1, -0.05) is 23.7 Å². The summed E-state index contributed by atoms with van der Waals surface area (Å²) < 4.78 is 28.0. The van der Waals surface area contributed by atoms with Crippen molar-refractivity contribution in [2.45, 2.75) is 5.92 Å². The number of carbonyl (C=O) groups excluding carboxylic acids is 1. The molecule has 0 saturated carbocycles. The van der Waals surface area contributed by atoms with Gasteiger partial charge < -0.3 is 5.73 Å². The minimum absolute atomic E-state index is 0.298. The quantitative estimate of drug-likeness (QED) is 0.879. The van der Waals surface area contributed by atoms with E-state index in [9.17, 15) is 13.6 Å². The van der Waals surface area contributed by atoms with Gasteiger partial charge in [0.1, 0.15) is 5.69 Å². The Bertz CT molecular complexity index is 597. The van der Waals surface area contributed by atoms with Crippen LogP contribution in [0.5, 0.6) is 0 Å². The number of anilines is 1. The number of ketones is 1. The van der Waals surface area contributed by atoms with Gasteiger partial charge >= 0.3 is 5.92 Å². The van der Waals surface area contributed by atoms with E-state index in [0.717, 1.165) is 18.3 Å². The van der Waals surface area contributed by atoms with Gasteiger partial charge in [-0.2, -0.15) is 8.78 Å². The van der Waals surface area contributed by atoms with E-state index in [-0.39, 0.29) is 5.69 Å². The number of hydrogen-bond donors (Lipinski definition) is 1. The van der Waals surface area contributed by atoms with Crippen molar-refractivity contribution in [1.82, 2.24) is 4.98 Å². The Morgan fingerprint density at radius 1 is 1.16 bits per heavy atom. The van der Waals surface area contributed by atoms with Crippen LogP contribution in [0.25, 0.3) is 0 Å². The SMILES string of the molecule is Nc1ccc(C(=O)C(F)(F)c2ccc(Cl)cc2)nc1. The lowest BCUT2D eigenvalue weighted by Gasteiger charge is -2.15. The molecule has 0 amide bonds. The van der Waals surface area contributed by atoms with Crippen molar-refractivity contribution in [3.05, 3.63) is 58.9 Å². The van der Waals surface area contributed by atoms with Gasteiger partial charge in [-0.3, -0.25) is 9.78 Å². The maximum absolute atomic E-state index is 14.0. The topological polar surface area (TPSA) is 56.0 Å². The van der Waals surface area contributed by atoms with Gasteiger partial charge in [-0.15, -0.1) is 0 Å². The van der Waals surface area contributed by atoms with Crippen LogP contribution in [0.2, 0.25) is 5.02 Å². The van der Waals surface area contributed by atoms with E-state index < -0.39 is 17.3 Å². The lowest BCUT2D eigenvalue weighted by Crippen LogP contribution is -2.26. The number of halogens is 3. The highest BCUT2D eigenvalue weighted by Gasteiger charge is 2.42. The first-order valence-corrected chi connectivity index (χ1v) is 5.69. The molecule has 0 aliphatic carbocycles. The monoisotopic (exact) mass is 282 g/mol. The molecule has 0 radical (unpaired) electrons. The summed E-state index contributed by atoms with van der Waals surface area (Å²) in [7, 11) is 0. The molecule has 6 heteroatoms. The van der Waals surface area contributed by atoms with E-state index in [2.05, 4.69) is 4.98 Å². The molecule has 2 aromatic rings. The first-order valence-electron chi connectivity index (χ1n) is 5.31. The van der Waals surface area contributed by atoms with Crippen molar-refractivity contribution in [3.63, 3.8) is 0 Å². The number of nitrogens with two attached hydrogens (primary N) is 1. The average Bonchev–Trinajstić information content (AvgIpc) is 2.39. The average molecular weight is 283 g/mol.